The van der Waals surface area contributed by atoms with Crippen LogP contribution in [0, 0.1) is 0 Å². The summed E-state index contributed by atoms with van der Waals surface area (Å²) >= 11 is 1.29. The SMILES string of the molecule is CNSc1cnc(Nc2cccc(S(F)(F)(F)(F)F)c2)c(-c2cn(C)cn2)c1. The van der Waals surface area contributed by atoms with Crippen LogP contribution in [0.15, 0.2) is 58.8 Å². The molecule has 0 radical (unpaired) electrons. The number of benzene rings is 1. The molecule has 0 aliphatic carbocycles. The van der Waals surface area contributed by atoms with Crippen LogP contribution in [0.1, 0.15) is 0 Å². The molecule has 0 saturated heterocycles. The van der Waals surface area contributed by atoms with E-state index in [2.05, 4.69) is 20.0 Å². The fourth-order valence-electron chi connectivity index (χ4n) is 2.42. The van der Waals surface area contributed by atoms with Crippen LogP contribution >= 0.6 is 22.2 Å². The highest BCUT2D eigenvalue weighted by atomic mass is 32.5. The minimum absolute atomic E-state index is 0.163. The Hall–Kier alpha value is -2.31. The lowest BCUT2D eigenvalue weighted by atomic mass is 10.2. The van der Waals surface area contributed by atoms with Gasteiger partial charge in [0.1, 0.15) is 10.7 Å². The van der Waals surface area contributed by atoms with Crippen molar-refractivity contribution in [3.8, 4) is 11.3 Å². The van der Waals surface area contributed by atoms with Gasteiger partial charge in [0.05, 0.1) is 12.0 Å². The number of aromatic nitrogens is 3. The molecule has 5 nitrogen and oxygen atoms in total. The zero-order chi connectivity index (χ0) is 20.6. The first-order valence-corrected chi connectivity index (χ1v) is 10.6. The summed E-state index contributed by atoms with van der Waals surface area (Å²) < 4.78 is 70.0. The molecule has 1 aromatic carbocycles. The third-order valence-electron chi connectivity index (χ3n) is 3.61. The maximum Gasteiger partial charge on any atom is 0.310 e. The smallest absolute Gasteiger partial charge is 0.310 e. The van der Waals surface area contributed by atoms with Gasteiger partial charge in [-0.25, -0.2) is 9.97 Å². The van der Waals surface area contributed by atoms with E-state index in [1.807, 2.05) is 0 Å². The van der Waals surface area contributed by atoms with Gasteiger partial charge in [0.2, 0.25) is 0 Å². The Balaban J connectivity index is 2.04. The molecule has 0 amide bonds. The number of anilines is 2. The molecule has 0 fully saturated rings. The van der Waals surface area contributed by atoms with Crippen LogP contribution < -0.4 is 10.0 Å². The highest BCUT2D eigenvalue weighted by Crippen LogP contribution is 3.02. The molecule has 0 aliphatic rings. The number of nitrogens with zero attached hydrogens (tertiary/aromatic N) is 3. The van der Waals surface area contributed by atoms with Crippen molar-refractivity contribution in [1.82, 2.24) is 19.3 Å². The molecule has 3 aromatic rings. The summed E-state index contributed by atoms with van der Waals surface area (Å²) in [6.45, 7) is 0. The largest absolute Gasteiger partial charge is 0.340 e. The Kier molecular flexibility index (Phi) is 4.64. The second kappa shape index (κ2) is 6.36. The number of halogens is 5. The van der Waals surface area contributed by atoms with Crippen molar-refractivity contribution in [2.75, 3.05) is 12.4 Å². The van der Waals surface area contributed by atoms with Gasteiger partial charge < -0.3 is 9.88 Å². The lowest BCUT2D eigenvalue weighted by Crippen LogP contribution is -2.06. The molecule has 0 unspecified atom stereocenters. The molecule has 0 aliphatic heterocycles. The molecule has 12 heteroatoms. The second-order valence-corrected chi connectivity index (χ2v) is 9.41. The molecule has 3 rings (SSSR count). The summed E-state index contributed by atoms with van der Waals surface area (Å²) in [5.74, 6) is 0.193. The average molecular weight is 437 g/mol. The molecular formula is C16H16F5N5S2. The van der Waals surface area contributed by atoms with E-state index in [-0.39, 0.29) is 11.5 Å². The number of aryl methyl sites for hydroxylation is 1. The minimum Gasteiger partial charge on any atom is -0.340 e. The summed E-state index contributed by atoms with van der Waals surface area (Å²) in [6, 6.07) is 4.65. The van der Waals surface area contributed by atoms with Crippen LogP contribution in [0.2, 0.25) is 0 Å². The van der Waals surface area contributed by atoms with Crippen LogP contribution in [0.5, 0.6) is 0 Å². The fraction of sp³-hybridized carbons (Fsp3) is 0.125. The molecule has 28 heavy (non-hydrogen) atoms. The lowest BCUT2D eigenvalue weighted by Gasteiger charge is -2.40. The number of pyridine rings is 1. The zero-order valence-corrected chi connectivity index (χ0v) is 16.3. The highest BCUT2D eigenvalue weighted by molar-refractivity contribution is 8.45. The van der Waals surface area contributed by atoms with E-state index in [4.69, 9.17) is 0 Å². The molecule has 0 bridgehead atoms. The fourth-order valence-corrected chi connectivity index (χ4v) is 3.62. The summed E-state index contributed by atoms with van der Waals surface area (Å²) in [4.78, 5) is 7.23. The predicted octanol–water partition coefficient (Wildman–Crippen LogP) is 6.11. The first-order valence-electron chi connectivity index (χ1n) is 7.79. The second-order valence-electron chi connectivity index (χ2n) is 5.92. The van der Waals surface area contributed by atoms with Crippen molar-refractivity contribution in [3.63, 3.8) is 0 Å². The zero-order valence-electron chi connectivity index (χ0n) is 14.7. The number of hydrogen-bond donors (Lipinski definition) is 2. The van der Waals surface area contributed by atoms with Gasteiger partial charge in [-0.3, -0.25) is 4.72 Å². The standard InChI is InChI=1S/C16H16F5N5S2/c1-22-27-12-7-14(15-9-26(2)10-24-15)16(23-8-12)25-11-4-3-5-13(6-11)28(17,18,19,20)21/h3-10,22H,1-2H3,(H,23,25). The molecule has 0 atom stereocenters. The minimum atomic E-state index is -9.78. The molecule has 152 valence electrons. The van der Waals surface area contributed by atoms with Crippen LogP contribution in [0.25, 0.3) is 11.3 Å². The van der Waals surface area contributed by atoms with E-state index >= 15 is 0 Å². The van der Waals surface area contributed by atoms with Gasteiger partial charge in [-0.1, -0.05) is 25.5 Å². The van der Waals surface area contributed by atoms with Crippen LogP contribution in [0.3, 0.4) is 0 Å². The van der Waals surface area contributed by atoms with E-state index < -0.39 is 15.1 Å². The Bertz CT molecular complexity index is 1020. The maximum absolute atomic E-state index is 13.1. The monoisotopic (exact) mass is 437 g/mol. The van der Waals surface area contributed by atoms with E-state index in [1.165, 1.54) is 24.2 Å². The Labute approximate surface area is 162 Å². The summed E-state index contributed by atoms with van der Waals surface area (Å²) in [7, 11) is -6.29. The van der Waals surface area contributed by atoms with Crippen molar-refractivity contribution < 1.29 is 19.4 Å². The van der Waals surface area contributed by atoms with Crippen molar-refractivity contribution >= 4 is 33.7 Å². The van der Waals surface area contributed by atoms with Crippen LogP contribution in [-0.2, 0) is 7.05 Å². The topological polar surface area (TPSA) is 54.8 Å². The van der Waals surface area contributed by atoms with Crippen LogP contribution in [-0.4, -0.2) is 21.6 Å². The number of hydrogen-bond acceptors (Lipinski definition) is 5. The number of imidazole rings is 1. The molecule has 2 aromatic heterocycles. The molecule has 2 heterocycles. The number of rotatable bonds is 6. The van der Waals surface area contributed by atoms with Crippen molar-refractivity contribution in [2.45, 2.75) is 9.79 Å². The lowest BCUT2D eigenvalue weighted by molar-refractivity contribution is 0.364. The van der Waals surface area contributed by atoms with Crippen molar-refractivity contribution in [1.29, 1.82) is 0 Å². The van der Waals surface area contributed by atoms with Gasteiger partial charge in [-0.2, -0.15) is 0 Å². The molecular weight excluding hydrogens is 421 g/mol. The van der Waals surface area contributed by atoms with Gasteiger partial charge in [-0.15, -0.1) is 0 Å². The summed E-state index contributed by atoms with van der Waals surface area (Å²) in [5, 5.41) is 2.69. The van der Waals surface area contributed by atoms with E-state index in [0.29, 0.717) is 23.4 Å². The molecule has 0 saturated carbocycles. The van der Waals surface area contributed by atoms with Gasteiger partial charge in [0.25, 0.3) is 0 Å². The summed E-state index contributed by atoms with van der Waals surface area (Å²) in [6.07, 6.45) is 4.77. The Morgan fingerprint density at radius 1 is 1.07 bits per heavy atom. The Morgan fingerprint density at radius 3 is 2.43 bits per heavy atom. The maximum atomic E-state index is 13.1. The van der Waals surface area contributed by atoms with Gasteiger partial charge in [0, 0.05) is 35.6 Å². The predicted molar refractivity (Wildman–Crippen MR) is 102 cm³/mol. The van der Waals surface area contributed by atoms with Gasteiger partial charge in [0.15, 0.2) is 0 Å². The number of nitrogens with one attached hydrogen (secondary N) is 2. The molecule has 2 N–H and O–H groups in total. The van der Waals surface area contributed by atoms with E-state index in [1.54, 1.807) is 37.3 Å². The van der Waals surface area contributed by atoms with Gasteiger partial charge in [-0.05, 0) is 43.3 Å². The van der Waals surface area contributed by atoms with Crippen molar-refractivity contribution in [2.24, 2.45) is 7.05 Å². The quantitative estimate of drug-likeness (QED) is 0.360. The first-order chi connectivity index (χ1) is 12.9. The van der Waals surface area contributed by atoms with Crippen LogP contribution in [0.4, 0.5) is 30.9 Å². The Morgan fingerprint density at radius 2 is 1.82 bits per heavy atom. The third-order valence-corrected chi connectivity index (χ3v) is 5.41. The van der Waals surface area contributed by atoms with E-state index in [0.717, 1.165) is 11.0 Å². The van der Waals surface area contributed by atoms with Crippen molar-refractivity contribution in [3.05, 3.63) is 49.1 Å². The first kappa shape index (κ1) is 20.4. The normalized spacial score (nSPS) is 14.4. The third kappa shape index (κ3) is 4.75. The highest BCUT2D eigenvalue weighted by Gasteiger charge is 2.65. The molecule has 0 spiro atoms. The summed E-state index contributed by atoms with van der Waals surface area (Å²) in [5.41, 5.74) is 0.878. The average Bonchev–Trinajstić information content (AvgIpc) is 3.01. The van der Waals surface area contributed by atoms with Gasteiger partial charge >= 0.3 is 10.2 Å². The van der Waals surface area contributed by atoms with E-state index in [9.17, 15) is 19.4 Å².